The van der Waals surface area contributed by atoms with E-state index in [1.165, 1.54) is 4.90 Å². The van der Waals surface area contributed by atoms with E-state index in [1.54, 1.807) is 83.1 Å². The third-order valence-corrected chi connectivity index (χ3v) is 8.12. The Morgan fingerprint density at radius 2 is 0.889 bits per heavy atom. The summed E-state index contributed by atoms with van der Waals surface area (Å²) in [6.07, 6.45) is 1.61. The molecule has 0 spiro atoms. The van der Waals surface area contributed by atoms with Crippen LogP contribution in [-0.4, -0.2) is 127 Å². The molecule has 0 aromatic carbocycles. The van der Waals surface area contributed by atoms with Gasteiger partial charge in [0.05, 0.1) is 0 Å². The highest BCUT2D eigenvalue weighted by atomic mass is 16.6. The summed E-state index contributed by atoms with van der Waals surface area (Å²) in [4.78, 5) is 94.0. The highest BCUT2D eigenvalue weighted by molar-refractivity contribution is 5.86. The van der Waals surface area contributed by atoms with Gasteiger partial charge in [0.15, 0.2) is 0 Å². The van der Waals surface area contributed by atoms with E-state index in [1.807, 2.05) is 0 Å². The molecule has 0 saturated carbocycles. The van der Waals surface area contributed by atoms with Crippen molar-refractivity contribution in [2.24, 2.45) is 5.11 Å². The van der Waals surface area contributed by atoms with Gasteiger partial charge >= 0.3 is 24.4 Å². The van der Waals surface area contributed by atoms with Crippen LogP contribution in [0.1, 0.15) is 147 Å². The molecule has 0 fully saturated rings. The van der Waals surface area contributed by atoms with Crippen molar-refractivity contribution in [1.29, 1.82) is 0 Å². The number of carbonyl (C=O) groups excluding carboxylic acids is 7. The third-order valence-electron chi connectivity index (χ3n) is 8.12. The molecule has 0 aliphatic rings. The molecule has 2 atom stereocenters. The van der Waals surface area contributed by atoms with E-state index in [4.69, 9.17) is 24.5 Å². The number of amides is 7. The number of nitrogens with one attached hydrogen (secondary N) is 6. The van der Waals surface area contributed by atoms with Crippen molar-refractivity contribution in [3.8, 4) is 0 Å². The van der Waals surface area contributed by atoms with Crippen molar-refractivity contribution >= 4 is 42.1 Å². The van der Waals surface area contributed by atoms with E-state index in [9.17, 15) is 33.6 Å². The van der Waals surface area contributed by atoms with Gasteiger partial charge in [0.2, 0.25) is 17.7 Å². The largest absolute Gasteiger partial charge is 0.444 e. The minimum atomic E-state index is -0.983. The van der Waals surface area contributed by atoms with Gasteiger partial charge in [-0.15, -0.1) is 0 Å². The molecule has 0 bridgehead atoms. The minimum absolute atomic E-state index is 0.0161. The van der Waals surface area contributed by atoms with Gasteiger partial charge in [0.1, 0.15) is 34.5 Å². The number of unbranched alkanes of at least 4 members (excludes halogenated alkanes) is 4. The highest BCUT2D eigenvalue weighted by Gasteiger charge is 2.27. The van der Waals surface area contributed by atoms with Crippen LogP contribution in [0, 0.1) is 0 Å². The van der Waals surface area contributed by atoms with E-state index in [2.05, 4.69) is 41.9 Å². The van der Waals surface area contributed by atoms with Crippen molar-refractivity contribution in [3.63, 3.8) is 0 Å². The molecule has 0 rings (SSSR count). The van der Waals surface area contributed by atoms with Gasteiger partial charge in [-0.25, -0.2) is 19.2 Å². The predicted molar refractivity (Wildman–Crippen MR) is 238 cm³/mol. The number of ether oxygens (including phenoxy) is 4. The Morgan fingerprint density at radius 1 is 0.508 bits per heavy atom. The zero-order chi connectivity index (χ0) is 48.3. The lowest BCUT2D eigenvalue weighted by atomic mass is 10.1. The zero-order valence-corrected chi connectivity index (χ0v) is 40.0. The van der Waals surface area contributed by atoms with Crippen molar-refractivity contribution in [1.82, 2.24) is 36.8 Å². The molecule has 0 unspecified atom stereocenters. The second-order valence-corrected chi connectivity index (χ2v) is 19.0. The molecule has 0 aromatic rings. The molecule has 21 nitrogen and oxygen atoms in total. The molecule has 362 valence electrons. The first-order valence-electron chi connectivity index (χ1n) is 21.9. The summed E-state index contributed by atoms with van der Waals surface area (Å²) in [5.41, 5.74) is 5.62. The van der Waals surface area contributed by atoms with Gasteiger partial charge in [-0.05, 0) is 140 Å². The van der Waals surface area contributed by atoms with Crippen molar-refractivity contribution in [2.75, 3.05) is 45.8 Å². The third kappa shape index (κ3) is 34.0. The topological polar surface area (TPSA) is 281 Å². The van der Waals surface area contributed by atoms with Gasteiger partial charge < -0.3 is 55.7 Å². The number of nitrogens with zero attached hydrogens (tertiary/aromatic N) is 4. The fourth-order valence-corrected chi connectivity index (χ4v) is 5.47. The summed E-state index contributed by atoms with van der Waals surface area (Å²) in [6.45, 7) is 21.8. The Balaban J connectivity index is 5.74. The second-order valence-electron chi connectivity index (χ2n) is 19.0. The first-order valence-corrected chi connectivity index (χ1v) is 21.9. The maximum Gasteiger partial charge on any atom is 0.408 e. The van der Waals surface area contributed by atoms with Gasteiger partial charge in [0.25, 0.3) is 0 Å². The fraction of sp³-hybridized carbons (Fsp3) is 0.833. The van der Waals surface area contributed by atoms with E-state index < -0.39 is 70.7 Å². The second kappa shape index (κ2) is 29.2. The van der Waals surface area contributed by atoms with Crippen LogP contribution in [0.2, 0.25) is 0 Å². The molecular weight excluding hydrogens is 821 g/mol. The van der Waals surface area contributed by atoms with Crippen LogP contribution in [0.15, 0.2) is 5.11 Å². The van der Waals surface area contributed by atoms with Crippen molar-refractivity contribution < 1.29 is 52.5 Å². The van der Waals surface area contributed by atoms with Crippen molar-refractivity contribution in [2.45, 2.75) is 182 Å². The average molecular weight is 899 g/mol. The van der Waals surface area contributed by atoms with E-state index in [0.29, 0.717) is 64.6 Å². The highest BCUT2D eigenvalue weighted by Crippen LogP contribution is 2.12. The summed E-state index contributed by atoms with van der Waals surface area (Å²) in [7, 11) is 0. The van der Waals surface area contributed by atoms with Gasteiger partial charge in [-0.1, -0.05) is 11.5 Å². The Hall–Kier alpha value is -5.20. The van der Waals surface area contributed by atoms with Gasteiger partial charge in [-0.2, -0.15) is 0 Å². The standard InChI is InChI=1S/C42H78N10O11/c1-39(2,3)60-35(56)46-23-18-15-20-30(49-37(58)62-41(7,8)9)33(54)44-26-28-52(32(53)22-14-13-17-25-48-51-43)29-27-45-34(55)31(50-38(59)63-42(10,11)12)21-16-19-24-47-36(57)61-40(4,5)6/h30-31H,13-29H2,1-12H3,(H,44,54)(H,45,55)(H,46,56)(H,47,57)(H,49,58)(H,50,59)/t30-,31-/m0/s1. The number of alkyl carbamates (subject to hydrolysis) is 4. The molecular formula is C42H78N10O11. The Kier molecular flexibility index (Phi) is 26.8. The first kappa shape index (κ1) is 57.8. The van der Waals surface area contributed by atoms with Crippen LogP contribution >= 0.6 is 0 Å². The Morgan fingerprint density at radius 3 is 1.25 bits per heavy atom. The molecule has 7 amide bonds. The summed E-state index contributed by atoms with van der Waals surface area (Å²) in [6, 6.07) is -1.97. The molecule has 0 radical (unpaired) electrons. The number of azide groups is 1. The molecule has 21 heteroatoms. The average Bonchev–Trinajstić information content (AvgIpc) is 3.11. The van der Waals surface area contributed by atoms with Crippen LogP contribution in [0.5, 0.6) is 0 Å². The maximum atomic E-state index is 13.5. The summed E-state index contributed by atoms with van der Waals surface area (Å²) >= 11 is 0. The SMILES string of the molecule is CC(C)(C)OC(=O)NCCCC[C@H](NC(=O)OC(C)(C)C)C(=O)NCCN(CCNC(=O)[C@H](CCCCNC(=O)OC(C)(C)C)NC(=O)OC(C)(C)C)C(=O)CCCCCN=[N+]=[N-]. The summed E-state index contributed by atoms with van der Waals surface area (Å²) in [5.74, 6) is -1.24. The van der Waals surface area contributed by atoms with Crippen LogP contribution in [0.25, 0.3) is 10.4 Å². The molecule has 0 aliphatic heterocycles. The molecule has 0 saturated heterocycles. The number of hydrogen-bond acceptors (Lipinski definition) is 12. The van der Waals surface area contributed by atoms with Gasteiger partial charge in [0, 0.05) is 57.1 Å². The first-order chi connectivity index (χ1) is 29.1. The molecule has 0 aromatic heterocycles. The lowest BCUT2D eigenvalue weighted by Crippen LogP contribution is -2.51. The molecule has 6 N–H and O–H groups in total. The van der Waals surface area contributed by atoms with Crippen LogP contribution in [0.3, 0.4) is 0 Å². The molecule has 63 heavy (non-hydrogen) atoms. The van der Waals surface area contributed by atoms with Gasteiger partial charge in [-0.3, -0.25) is 14.4 Å². The lowest BCUT2D eigenvalue weighted by Gasteiger charge is -2.26. The minimum Gasteiger partial charge on any atom is -0.444 e. The predicted octanol–water partition coefficient (Wildman–Crippen LogP) is 6.09. The summed E-state index contributed by atoms with van der Waals surface area (Å²) < 4.78 is 21.3. The zero-order valence-electron chi connectivity index (χ0n) is 40.0. The molecule has 0 aliphatic carbocycles. The van der Waals surface area contributed by atoms with Crippen LogP contribution < -0.4 is 31.9 Å². The quantitative estimate of drug-likeness (QED) is 0.0190. The van der Waals surface area contributed by atoms with E-state index in [-0.39, 0.29) is 51.3 Å². The van der Waals surface area contributed by atoms with Crippen molar-refractivity contribution in [3.05, 3.63) is 10.4 Å². The summed E-state index contributed by atoms with van der Waals surface area (Å²) in [5, 5.41) is 19.7. The monoisotopic (exact) mass is 899 g/mol. The number of carbonyl (C=O) groups is 7. The van der Waals surface area contributed by atoms with E-state index in [0.717, 1.165) is 0 Å². The number of hydrogen-bond donors (Lipinski definition) is 6. The lowest BCUT2D eigenvalue weighted by molar-refractivity contribution is -0.132. The maximum absolute atomic E-state index is 13.5. The van der Waals surface area contributed by atoms with E-state index >= 15 is 0 Å². The number of rotatable bonds is 26. The molecule has 0 heterocycles. The normalized spacial score (nSPS) is 12.6. The Labute approximate surface area is 373 Å². The van der Waals surface area contributed by atoms with Crippen LogP contribution in [-0.2, 0) is 33.3 Å². The fourth-order valence-electron chi connectivity index (χ4n) is 5.47. The smallest absolute Gasteiger partial charge is 0.408 e. The Bertz CT molecular complexity index is 1400. The van der Waals surface area contributed by atoms with Crippen LogP contribution in [0.4, 0.5) is 19.2 Å².